The molecule has 1 fully saturated rings. The van der Waals surface area contributed by atoms with Crippen molar-refractivity contribution in [1.82, 2.24) is 10.3 Å². The summed E-state index contributed by atoms with van der Waals surface area (Å²) >= 11 is 0. The highest BCUT2D eigenvalue weighted by Gasteiger charge is 2.25. The molecule has 1 aromatic heterocycles. The topological polar surface area (TPSA) is 84.2 Å². The highest BCUT2D eigenvalue weighted by molar-refractivity contribution is 6.04. The summed E-state index contributed by atoms with van der Waals surface area (Å²) in [6.45, 7) is 0. The van der Waals surface area contributed by atoms with Crippen molar-refractivity contribution in [1.29, 1.82) is 0 Å². The van der Waals surface area contributed by atoms with E-state index in [2.05, 4.69) is 15.6 Å². The third kappa shape index (κ3) is 4.23. The van der Waals surface area contributed by atoms with Crippen LogP contribution in [0, 0.1) is 0 Å². The number of para-hydroxylation sites is 1. The van der Waals surface area contributed by atoms with E-state index in [1.807, 2.05) is 30.3 Å². The van der Waals surface area contributed by atoms with Gasteiger partial charge in [-0.3, -0.25) is 9.59 Å². The van der Waals surface area contributed by atoms with E-state index in [9.17, 15) is 9.59 Å². The smallest absolute Gasteiger partial charge is 0.253 e. The van der Waals surface area contributed by atoms with Crippen molar-refractivity contribution >= 4 is 17.5 Å². The Morgan fingerprint density at radius 3 is 2.56 bits per heavy atom. The van der Waals surface area contributed by atoms with Gasteiger partial charge in [-0.2, -0.15) is 0 Å². The first kappa shape index (κ1) is 17.0. The summed E-state index contributed by atoms with van der Waals surface area (Å²) in [5.74, 6) is 0.0541. The molecule has 0 spiro atoms. The van der Waals surface area contributed by atoms with Crippen molar-refractivity contribution in [3.63, 3.8) is 0 Å². The van der Waals surface area contributed by atoms with E-state index < -0.39 is 0 Å². The Bertz CT molecular complexity index is 962. The molecule has 27 heavy (non-hydrogen) atoms. The van der Waals surface area contributed by atoms with E-state index in [0.717, 1.165) is 18.4 Å². The lowest BCUT2D eigenvalue weighted by molar-refractivity contribution is -0.115. The van der Waals surface area contributed by atoms with Gasteiger partial charge in [-0.15, -0.1) is 0 Å². The average molecular weight is 361 g/mol. The second-order valence-corrected chi connectivity index (χ2v) is 6.53. The molecule has 3 aromatic rings. The molecule has 0 unspecified atom stereocenters. The number of aromatic nitrogens is 1. The van der Waals surface area contributed by atoms with Crippen molar-refractivity contribution in [3.05, 3.63) is 72.1 Å². The van der Waals surface area contributed by atoms with Crippen LogP contribution in [0.2, 0.25) is 0 Å². The van der Waals surface area contributed by atoms with Crippen LogP contribution in [-0.2, 0) is 11.2 Å². The first-order valence-corrected chi connectivity index (χ1v) is 8.88. The van der Waals surface area contributed by atoms with Gasteiger partial charge in [-0.05, 0) is 37.1 Å². The maximum absolute atomic E-state index is 12.4. The molecule has 0 saturated heterocycles. The fraction of sp³-hybridized carbons (Fsp3) is 0.190. The molecule has 0 bridgehead atoms. The number of nitrogens with zero attached hydrogens (tertiary/aromatic N) is 1. The Morgan fingerprint density at radius 1 is 1.04 bits per heavy atom. The highest BCUT2D eigenvalue weighted by atomic mass is 16.3. The first-order chi connectivity index (χ1) is 13.2. The van der Waals surface area contributed by atoms with Gasteiger partial charge in [0.1, 0.15) is 6.26 Å². The largest absolute Gasteiger partial charge is 0.444 e. The van der Waals surface area contributed by atoms with Crippen LogP contribution in [0.3, 0.4) is 0 Å². The summed E-state index contributed by atoms with van der Waals surface area (Å²) in [5, 5.41) is 5.74. The first-order valence-electron chi connectivity index (χ1n) is 8.88. The summed E-state index contributed by atoms with van der Waals surface area (Å²) in [4.78, 5) is 29.1. The normalized spacial score (nSPS) is 13.2. The zero-order valence-electron chi connectivity index (χ0n) is 14.6. The quantitative estimate of drug-likeness (QED) is 0.705. The second-order valence-electron chi connectivity index (χ2n) is 6.53. The molecule has 1 aliphatic carbocycles. The number of rotatable bonds is 6. The minimum absolute atomic E-state index is 0.0644. The second kappa shape index (κ2) is 7.45. The van der Waals surface area contributed by atoms with Crippen LogP contribution in [-0.4, -0.2) is 22.8 Å². The van der Waals surface area contributed by atoms with Gasteiger partial charge >= 0.3 is 0 Å². The van der Waals surface area contributed by atoms with Crippen LogP contribution in [0.4, 0.5) is 5.69 Å². The summed E-state index contributed by atoms with van der Waals surface area (Å²) < 4.78 is 5.46. The summed E-state index contributed by atoms with van der Waals surface area (Å²) in [6.07, 6.45) is 3.56. The lowest BCUT2D eigenvalue weighted by atomic mass is 10.1. The predicted octanol–water partition coefficient (Wildman–Crippen LogP) is 3.42. The summed E-state index contributed by atoms with van der Waals surface area (Å²) in [7, 11) is 0. The average Bonchev–Trinajstić information content (AvgIpc) is 3.38. The SMILES string of the molecule is O=C(Cc1coc(-c2ccccc2)n1)Nc1ccccc1C(=O)NC1CC1. The Morgan fingerprint density at radius 2 is 1.78 bits per heavy atom. The van der Waals surface area contributed by atoms with Gasteiger partial charge in [0.05, 0.1) is 23.4 Å². The Labute approximate surface area is 156 Å². The number of carbonyl (C=O) groups excluding carboxylic acids is 2. The zero-order chi connectivity index (χ0) is 18.6. The maximum atomic E-state index is 12.4. The van der Waals surface area contributed by atoms with E-state index in [1.54, 1.807) is 24.3 Å². The number of carbonyl (C=O) groups is 2. The highest BCUT2D eigenvalue weighted by Crippen LogP contribution is 2.22. The number of oxazole rings is 1. The molecule has 1 saturated carbocycles. The summed E-state index contributed by atoms with van der Waals surface area (Å²) in [6, 6.07) is 16.7. The number of hydrogen-bond donors (Lipinski definition) is 2. The predicted molar refractivity (Wildman–Crippen MR) is 101 cm³/mol. The molecular formula is C21H19N3O3. The molecule has 1 heterocycles. The van der Waals surface area contributed by atoms with Gasteiger partial charge in [0.25, 0.3) is 5.91 Å². The van der Waals surface area contributed by atoms with Gasteiger partial charge in [-0.25, -0.2) is 4.98 Å². The molecule has 0 aliphatic heterocycles. The Balaban J connectivity index is 1.43. The third-order valence-corrected chi connectivity index (χ3v) is 4.27. The standard InChI is InChI=1S/C21H19N3O3/c25-19(12-16-13-27-21(23-16)14-6-2-1-3-7-14)24-18-9-5-4-8-17(18)20(26)22-15-10-11-15/h1-9,13,15H,10-12H2,(H,22,26)(H,24,25). The molecule has 6 nitrogen and oxygen atoms in total. The van der Waals surface area contributed by atoms with Crippen molar-refractivity contribution in [2.75, 3.05) is 5.32 Å². The van der Waals surface area contributed by atoms with Crippen molar-refractivity contribution < 1.29 is 14.0 Å². The maximum Gasteiger partial charge on any atom is 0.253 e. The van der Waals surface area contributed by atoms with Crippen molar-refractivity contribution in [3.8, 4) is 11.5 Å². The van der Waals surface area contributed by atoms with Crippen LogP contribution < -0.4 is 10.6 Å². The number of benzene rings is 2. The van der Waals surface area contributed by atoms with Crippen LogP contribution in [0.25, 0.3) is 11.5 Å². The number of amides is 2. The fourth-order valence-corrected chi connectivity index (χ4v) is 2.74. The van der Waals surface area contributed by atoms with E-state index in [1.165, 1.54) is 6.26 Å². The Hall–Kier alpha value is -3.41. The van der Waals surface area contributed by atoms with Crippen LogP contribution in [0.15, 0.2) is 65.3 Å². The molecule has 0 radical (unpaired) electrons. The van der Waals surface area contributed by atoms with Crippen LogP contribution >= 0.6 is 0 Å². The number of nitrogens with one attached hydrogen (secondary N) is 2. The van der Waals surface area contributed by atoms with Crippen molar-refractivity contribution in [2.24, 2.45) is 0 Å². The van der Waals surface area contributed by atoms with E-state index in [-0.39, 0.29) is 24.3 Å². The molecular weight excluding hydrogens is 342 g/mol. The number of hydrogen-bond acceptors (Lipinski definition) is 4. The van der Waals surface area contributed by atoms with Crippen LogP contribution in [0.5, 0.6) is 0 Å². The van der Waals surface area contributed by atoms with Gasteiger partial charge < -0.3 is 15.1 Å². The molecule has 4 rings (SSSR count). The molecule has 1 aliphatic rings. The molecule has 2 amide bonds. The molecule has 2 aromatic carbocycles. The lowest BCUT2D eigenvalue weighted by Crippen LogP contribution is -2.27. The zero-order valence-corrected chi connectivity index (χ0v) is 14.6. The summed E-state index contributed by atoms with van der Waals surface area (Å²) in [5.41, 5.74) is 2.34. The van der Waals surface area contributed by atoms with Gasteiger partial charge in [0.2, 0.25) is 11.8 Å². The molecule has 136 valence electrons. The van der Waals surface area contributed by atoms with E-state index >= 15 is 0 Å². The van der Waals surface area contributed by atoms with E-state index in [0.29, 0.717) is 22.8 Å². The van der Waals surface area contributed by atoms with Gasteiger partial charge in [0.15, 0.2) is 0 Å². The fourth-order valence-electron chi connectivity index (χ4n) is 2.74. The molecule has 6 heteroatoms. The van der Waals surface area contributed by atoms with Gasteiger partial charge in [-0.1, -0.05) is 30.3 Å². The third-order valence-electron chi connectivity index (χ3n) is 4.27. The van der Waals surface area contributed by atoms with Crippen LogP contribution in [0.1, 0.15) is 28.9 Å². The van der Waals surface area contributed by atoms with Gasteiger partial charge in [0, 0.05) is 11.6 Å². The van der Waals surface area contributed by atoms with E-state index in [4.69, 9.17) is 4.42 Å². The number of anilines is 1. The lowest BCUT2D eigenvalue weighted by Gasteiger charge is -2.10. The minimum Gasteiger partial charge on any atom is -0.444 e. The molecule has 0 atom stereocenters. The monoisotopic (exact) mass is 361 g/mol. The molecule has 2 N–H and O–H groups in total. The van der Waals surface area contributed by atoms with Crippen molar-refractivity contribution in [2.45, 2.75) is 25.3 Å². The Kier molecular flexibility index (Phi) is 4.70. The minimum atomic E-state index is -0.255.